The van der Waals surface area contributed by atoms with Crippen LogP contribution in [0.15, 0.2) is 36.9 Å². The Hall–Kier alpha value is -2.03. The van der Waals surface area contributed by atoms with E-state index >= 15 is 0 Å². The molecule has 106 valence electrons. The van der Waals surface area contributed by atoms with E-state index in [4.69, 9.17) is 4.74 Å². The molecular formula is C17H21NO2. The van der Waals surface area contributed by atoms with Gasteiger partial charge >= 0.3 is 6.09 Å². The summed E-state index contributed by atoms with van der Waals surface area (Å²) in [5.74, 6) is 0. The first-order chi connectivity index (χ1) is 9.35. The molecular weight excluding hydrogens is 250 g/mol. The van der Waals surface area contributed by atoms with Gasteiger partial charge in [-0.1, -0.05) is 24.3 Å². The number of fused-ring (bicyclic) bond motifs is 1. The summed E-state index contributed by atoms with van der Waals surface area (Å²) >= 11 is 0. The van der Waals surface area contributed by atoms with Gasteiger partial charge in [-0.3, -0.25) is 0 Å². The summed E-state index contributed by atoms with van der Waals surface area (Å²) in [5, 5.41) is 1.08. The van der Waals surface area contributed by atoms with Crippen LogP contribution in [0, 0.1) is 6.92 Å². The van der Waals surface area contributed by atoms with Crippen LogP contribution in [0.3, 0.4) is 0 Å². The van der Waals surface area contributed by atoms with Gasteiger partial charge in [-0.05, 0) is 39.3 Å². The highest BCUT2D eigenvalue weighted by Gasteiger charge is 2.23. The lowest BCUT2D eigenvalue weighted by molar-refractivity contribution is 0.0540. The van der Waals surface area contributed by atoms with Gasteiger partial charge in [0.2, 0.25) is 0 Å². The van der Waals surface area contributed by atoms with Gasteiger partial charge in [0, 0.05) is 17.5 Å². The van der Waals surface area contributed by atoms with E-state index in [0.717, 1.165) is 22.2 Å². The molecule has 20 heavy (non-hydrogen) atoms. The largest absolute Gasteiger partial charge is 0.443 e. The lowest BCUT2D eigenvalue weighted by Gasteiger charge is -2.21. The Bertz CT molecular complexity index is 659. The number of aromatic nitrogens is 1. The molecule has 0 aliphatic heterocycles. The quantitative estimate of drug-likeness (QED) is 0.755. The van der Waals surface area contributed by atoms with E-state index in [1.165, 1.54) is 0 Å². The maximum Gasteiger partial charge on any atom is 0.419 e. The Morgan fingerprint density at radius 2 is 2.00 bits per heavy atom. The van der Waals surface area contributed by atoms with Gasteiger partial charge in [0.05, 0.1) is 5.52 Å². The standard InChI is InChI=1S/C17H21NO2/c1-6-9-14-12(2)13-10-7-8-11-15(13)18(14)16(19)20-17(3,4)5/h6-8,10-11H,1,9H2,2-5H3. The molecule has 1 heterocycles. The number of ether oxygens (including phenoxy) is 1. The fourth-order valence-electron chi connectivity index (χ4n) is 2.35. The molecule has 0 fully saturated rings. The number of hydrogen-bond donors (Lipinski definition) is 0. The maximum absolute atomic E-state index is 12.5. The van der Waals surface area contributed by atoms with Gasteiger partial charge in [-0.25, -0.2) is 9.36 Å². The van der Waals surface area contributed by atoms with Crippen molar-refractivity contribution in [3.63, 3.8) is 0 Å². The monoisotopic (exact) mass is 271 g/mol. The summed E-state index contributed by atoms with van der Waals surface area (Å²) < 4.78 is 7.19. The topological polar surface area (TPSA) is 31.2 Å². The summed E-state index contributed by atoms with van der Waals surface area (Å²) in [7, 11) is 0. The van der Waals surface area contributed by atoms with Crippen LogP contribution in [0.5, 0.6) is 0 Å². The average molecular weight is 271 g/mol. The van der Waals surface area contributed by atoms with Crippen molar-refractivity contribution in [2.75, 3.05) is 0 Å². The van der Waals surface area contributed by atoms with Gasteiger partial charge in [0.1, 0.15) is 5.60 Å². The minimum Gasteiger partial charge on any atom is -0.443 e. The highest BCUT2D eigenvalue weighted by molar-refractivity contribution is 5.93. The number of benzene rings is 1. The fraction of sp³-hybridized carbons (Fsp3) is 0.353. The number of carbonyl (C=O) groups excluding carboxylic acids is 1. The Kier molecular flexibility index (Phi) is 3.71. The minimum atomic E-state index is -0.512. The molecule has 0 aliphatic carbocycles. The number of aryl methyl sites for hydroxylation is 1. The third-order valence-corrected chi connectivity index (χ3v) is 3.17. The zero-order valence-electron chi connectivity index (χ0n) is 12.6. The third kappa shape index (κ3) is 2.62. The summed E-state index contributed by atoms with van der Waals surface area (Å²) in [6.45, 7) is 11.4. The maximum atomic E-state index is 12.5. The number of carbonyl (C=O) groups is 1. The molecule has 0 atom stereocenters. The molecule has 0 aliphatic rings. The molecule has 0 N–H and O–H groups in total. The van der Waals surface area contributed by atoms with Crippen LogP contribution in [0.1, 0.15) is 32.0 Å². The van der Waals surface area contributed by atoms with Crippen molar-refractivity contribution in [3.05, 3.63) is 48.2 Å². The number of hydrogen-bond acceptors (Lipinski definition) is 2. The summed E-state index contributed by atoms with van der Waals surface area (Å²) in [6.07, 6.45) is 2.11. The van der Waals surface area contributed by atoms with Gasteiger partial charge in [-0.15, -0.1) is 6.58 Å². The molecule has 0 amide bonds. The van der Waals surface area contributed by atoms with Gasteiger partial charge < -0.3 is 4.74 Å². The predicted octanol–water partition coefficient (Wildman–Crippen LogP) is 4.46. The Morgan fingerprint density at radius 3 is 2.60 bits per heavy atom. The first-order valence-corrected chi connectivity index (χ1v) is 6.78. The van der Waals surface area contributed by atoms with E-state index in [1.54, 1.807) is 4.57 Å². The van der Waals surface area contributed by atoms with E-state index in [0.29, 0.717) is 6.42 Å². The molecule has 1 aromatic heterocycles. The minimum absolute atomic E-state index is 0.335. The third-order valence-electron chi connectivity index (χ3n) is 3.17. The van der Waals surface area contributed by atoms with Crippen LogP contribution >= 0.6 is 0 Å². The lowest BCUT2D eigenvalue weighted by atomic mass is 10.1. The van der Waals surface area contributed by atoms with Crippen LogP contribution in [-0.4, -0.2) is 16.3 Å². The van der Waals surface area contributed by atoms with Crippen LogP contribution < -0.4 is 0 Å². The van der Waals surface area contributed by atoms with Crippen molar-refractivity contribution in [2.45, 2.75) is 39.7 Å². The van der Waals surface area contributed by atoms with E-state index in [1.807, 2.05) is 58.0 Å². The Balaban J connectivity index is 2.63. The van der Waals surface area contributed by atoms with Crippen LogP contribution in [0.4, 0.5) is 4.79 Å². The van der Waals surface area contributed by atoms with Crippen LogP contribution in [0.25, 0.3) is 10.9 Å². The van der Waals surface area contributed by atoms with Crippen molar-refractivity contribution in [1.82, 2.24) is 4.57 Å². The summed E-state index contributed by atoms with van der Waals surface area (Å²) in [4.78, 5) is 12.5. The molecule has 2 aromatic rings. The molecule has 0 unspecified atom stereocenters. The average Bonchev–Trinajstić information content (AvgIpc) is 2.62. The fourth-order valence-corrected chi connectivity index (χ4v) is 2.35. The van der Waals surface area contributed by atoms with Crippen molar-refractivity contribution < 1.29 is 9.53 Å². The van der Waals surface area contributed by atoms with Crippen molar-refractivity contribution in [1.29, 1.82) is 0 Å². The predicted molar refractivity (Wildman–Crippen MR) is 82.2 cm³/mol. The zero-order valence-corrected chi connectivity index (χ0v) is 12.6. The molecule has 0 spiro atoms. The number of para-hydroxylation sites is 1. The zero-order chi connectivity index (χ0) is 14.9. The Morgan fingerprint density at radius 1 is 1.35 bits per heavy atom. The lowest BCUT2D eigenvalue weighted by Crippen LogP contribution is -2.28. The first kappa shape index (κ1) is 14.4. The highest BCUT2D eigenvalue weighted by atomic mass is 16.6. The highest BCUT2D eigenvalue weighted by Crippen LogP contribution is 2.27. The van der Waals surface area contributed by atoms with Gasteiger partial charge in [0.15, 0.2) is 0 Å². The van der Waals surface area contributed by atoms with E-state index in [2.05, 4.69) is 6.58 Å². The summed E-state index contributed by atoms with van der Waals surface area (Å²) in [5.41, 5.74) is 2.42. The number of allylic oxidation sites excluding steroid dienone is 1. The van der Waals surface area contributed by atoms with E-state index in [-0.39, 0.29) is 6.09 Å². The smallest absolute Gasteiger partial charge is 0.419 e. The molecule has 1 aromatic carbocycles. The molecule has 0 saturated carbocycles. The van der Waals surface area contributed by atoms with Crippen LogP contribution in [-0.2, 0) is 11.2 Å². The summed E-state index contributed by atoms with van der Waals surface area (Å²) in [6, 6.07) is 7.88. The number of nitrogens with zero attached hydrogens (tertiary/aromatic N) is 1. The second-order valence-corrected chi connectivity index (χ2v) is 5.90. The molecule has 0 bridgehead atoms. The second-order valence-electron chi connectivity index (χ2n) is 5.90. The first-order valence-electron chi connectivity index (χ1n) is 6.78. The normalized spacial score (nSPS) is 11.6. The van der Waals surface area contributed by atoms with E-state index < -0.39 is 5.60 Å². The van der Waals surface area contributed by atoms with Crippen molar-refractivity contribution in [2.24, 2.45) is 0 Å². The molecule has 3 heteroatoms. The van der Waals surface area contributed by atoms with Crippen molar-refractivity contribution in [3.8, 4) is 0 Å². The molecule has 2 rings (SSSR count). The molecule has 0 radical (unpaired) electrons. The SMILES string of the molecule is C=CCc1c(C)c2ccccc2n1C(=O)OC(C)(C)C. The molecule has 3 nitrogen and oxygen atoms in total. The van der Waals surface area contributed by atoms with Gasteiger partial charge in [-0.2, -0.15) is 0 Å². The second kappa shape index (κ2) is 5.16. The van der Waals surface area contributed by atoms with Crippen LogP contribution in [0.2, 0.25) is 0 Å². The Labute approximate surface area is 119 Å². The van der Waals surface area contributed by atoms with E-state index in [9.17, 15) is 4.79 Å². The number of rotatable bonds is 2. The van der Waals surface area contributed by atoms with Crippen molar-refractivity contribution >= 4 is 17.0 Å². The van der Waals surface area contributed by atoms with Gasteiger partial charge in [0.25, 0.3) is 0 Å². The molecule has 0 saturated heterocycles.